The first-order chi connectivity index (χ1) is 11.4. The van der Waals surface area contributed by atoms with Gasteiger partial charge in [-0.1, -0.05) is 25.4 Å². The topological polar surface area (TPSA) is 116 Å². The highest BCUT2D eigenvalue weighted by molar-refractivity contribution is 6.31. The Balaban J connectivity index is 2.26. The van der Waals surface area contributed by atoms with E-state index in [1.807, 2.05) is 13.8 Å². The molecule has 10 heteroatoms. The number of benzene rings is 1. The molecule has 2 aromatic rings. The molecular weight excluding hydrogens is 341 g/mol. The van der Waals surface area contributed by atoms with Crippen molar-refractivity contribution in [1.29, 1.82) is 0 Å². The number of nitrogens with two attached hydrogens (primary N) is 1. The van der Waals surface area contributed by atoms with Gasteiger partial charge >= 0.3 is 5.97 Å². The number of aliphatic imine (C=N–C) groups is 1. The van der Waals surface area contributed by atoms with E-state index in [9.17, 15) is 9.18 Å². The summed E-state index contributed by atoms with van der Waals surface area (Å²) >= 11 is 5.72. The summed E-state index contributed by atoms with van der Waals surface area (Å²) in [6, 6.07) is 3.81. The molecule has 0 aliphatic carbocycles. The van der Waals surface area contributed by atoms with E-state index in [1.54, 1.807) is 0 Å². The van der Waals surface area contributed by atoms with Gasteiger partial charge in [0.1, 0.15) is 5.82 Å². The molecule has 0 aliphatic heterocycles. The predicted octanol–water partition coefficient (Wildman–Crippen LogP) is 2.62. The van der Waals surface area contributed by atoms with Crippen LogP contribution in [0.1, 0.15) is 26.0 Å². The fourth-order valence-electron chi connectivity index (χ4n) is 1.65. The number of aromatic nitrogens is 2. The molecule has 3 N–H and O–H groups in total. The highest BCUT2D eigenvalue weighted by Crippen LogP contribution is 2.22. The zero-order valence-electron chi connectivity index (χ0n) is 12.9. The fraction of sp³-hybridized carbons (Fsp3) is 0.286. The number of rotatable bonds is 4. The maximum atomic E-state index is 13.2. The van der Waals surface area contributed by atoms with Crippen LogP contribution >= 0.6 is 11.6 Å². The molecule has 0 fully saturated rings. The van der Waals surface area contributed by atoms with Crippen LogP contribution in [-0.2, 0) is 9.63 Å². The van der Waals surface area contributed by atoms with Gasteiger partial charge in [0.15, 0.2) is 17.3 Å². The minimum atomic E-state index is -0.587. The first-order valence-electron chi connectivity index (χ1n) is 6.94. The largest absolute Gasteiger partial charge is 0.379 e. The Kier molecular flexibility index (Phi) is 5.69. The number of nitrogens with zero attached hydrogens (tertiary/aromatic N) is 3. The van der Waals surface area contributed by atoms with Gasteiger partial charge in [-0.05, 0) is 34.4 Å². The van der Waals surface area contributed by atoms with Crippen molar-refractivity contribution in [2.45, 2.75) is 20.3 Å². The van der Waals surface area contributed by atoms with E-state index in [-0.39, 0.29) is 40.4 Å². The first-order valence-corrected chi connectivity index (χ1v) is 7.32. The zero-order chi connectivity index (χ0) is 17.7. The Morgan fingerprint density at radius 3 is 2.83 bits per heavy atom. The monoisotopic (exact) mass is 355 g/mol. The Labute approximate surface area is 141 Å². The fourth-order valence-corrected chi connectivity index (χ4v) is 1.82. The Bertz CT molecular complexity index is 763. The number of anilines is 1. The van der Waals surface area contributed by atoms with Crippen LogP contribution in [-0.4, -0.2) is 22.1 Å². The van der Waals surface area contributed by atoms with Crippen LogP contribution in [0.25, 0.3) is 0 Å². The molecule has 0 bridgehead atoms. The number of hydrogen-bond acceptors (Lipinski definition) is 7. The molecule has 0 unspecified atom stereocenters. The van der Waals surface area contributed by atoms with E-state index < -0.39 is 11.8 Å². The molecule has 8 nitrogen and oxygen atoms in total. The quantitative estimate of drug-likeness (QED) is 0.492. The molecule has 0 saturated heterocycles. The summed E-state index contributed by atoms with van der Waals surface area (Å²) in [5.41, 5.74) is 8.31. The van der Waals surface area contributed by atoms with Crippen molar-refractivity contribution in [1.82, 2.24) is 15.8 Å². The number of nitrogens with one attached hydrogen (secondary N) is 1. The Morgan fingerprint density at radius 2 is 2.25 bits per heavy atom. The second kappa shape index (κ2) is 7.73. The summed E-state index contributed by atoms with van der Waals surface area (Å²) < 4.78 is 17.7. The van der Waals surface area contributed by atoms with E-state index in [4.69, 9.17) is 22.2 Å². The maximum Gasteiger partial charge on any atom is 0.332 e. The van der Waals surface area contributed by atoms with Crippen LogP contribution in [0.2, 0.25) is 5.02 Å². The van der Waals surface area contributed by atoms with Gasteiger partial charge in [-0.15, -0.1) is 0 Å². The van der Waals surface area contributed by atoms with Gasteiger partial charge in [-0.3, -0.25) is 0 Å². The van der Waals surface area contributed by atoms with Crippen LogP contribution in [0, 0.1) is 11.7 Å². The minimum absolute atomic E-state index is 0.0338. The number of carbonyl (C=O) groups excluding carboxylic acids is 1. The van der Waals surface area contributed by atoms with Crippen LogP contribution in [0.3, 0.4) is 0 Å². The standard InChI is InChI=1S/C14H15ClFN5O3/c1-7(2)5-11(22)23-21-14(12-13(17)20-24-19-12)18-8-3-4-10(16)9(15)6-8/h3-4,6-7H,5H2,1-2H3,(H2,17,20)(H,18,21). The molecule has 0 saturated carbocycles. The van der Waals surface area contributed by atoms with Gasteiger partial charge in [0.05, 0.1) is 17.1 Å². The molecular formula is C14H15ClFN5O3. The van der Waals surface area contributed by atoms with Crippen LogP contribution in [0.4, 0.5) is 15.9 Å². The summed E-state index contributed by atoms with van der Waals surface area (Å²) in [6.45, 7) is 3.74. The molecule has 2 rings (SSSR count). The lowest BCUT2D eigenvalue weighted by atomic mass is 10.1. The number of hydrogen-bond donors (Lipinski definition) is 2. The molecule has 128 valence electrons. The van der Waals surface area contributed by atoms with E-state index in [0.29, 0.717) is 0 Å². The molecule has 0 aliphatic rings. The molecule has 1 aromatic carbocycles. The molecule has 24 heavy (non-hydrogen) atoms. The van der Waals surface area contributed by atoms with E-state index in [1.165, 1.54) is 12.1 Å². The second-order valence-electron chi connectivity index (χ2n) is 5.23. The van der Waals surface area contributed by atoms with E-state index >= 15 is 0 Å². The number of nitrogen functional groups attached to an aromatic ring is 1. The van der Waals surface area contributed by atoms with Crippen molar-refractivity contribution in [3.63, 3.8) is 0 Å². The molecule has 0 spiro atoms. The highest BCUT2D eigenvalue weighted by Gasteiger charge is 2.17. The van der Waals surface area contributed by atoms with Crippen molar-refractivity contribution in [3.8, 4) is 0 Å². The molecule has 0 radical (unpaired) electrons. The Hall–Kier alpha value is -2.68. The summed E-state index contributed by atoms with van der Waals surface area (Å²) in [4.78, 5) is 20.7. The summed E-state index contributed by atoms with van der Waals surface area (Å²) in [5, 5.41) is 6.91. The lowest BCUT2D eigenvalue weighted by molar-refractivity contribution is -0.148. The van der Waals surface area contributed by atoms with Gasteiger partial charge in [-0.2, -0.15) is 5.48 Å². The second-order valence-corrected chi connectivity index (χ2v) is 5.64. The molecule has 1 aromatic heterocycles. The number of amidine groups is 1. The third kappa shape index (κ3) is 4.66. The van der Waals surface area contributed by atoms with Crippen molar-refractivity contribution < 1.29 is 18.7 Å². The minimum Gasteiger partial charge on any atom is -0.379 e. The summed E-state index contributed by atoms with van der Waals surface area (Å²) in [7, 11) is 0. The maximum absolute atomic E-state index is 13.2. The number of halogens is 2. The highest BCUT2D eigenvalue weighted by atomic mass is 35.5. The predicted molar refractivity (Wildman–Crippen MR) is 85.0 cm³/mol. The lowest BCUT2D eigenvalue weighted by Gasteiger charge is -2.09. The van der Waals surface area contributed by atoms with E-state index in [2.05, 4.69) is 25.4 Å². The zero-order valence-corrected chi connectivity index (χ0v) is 13.7. The number of hydroxylamine groups is 1. The van der Waals surface area contributed by atoms with Gasteiger partial charge in [0.2, 0.25) is 0 Å². The SMILES string of the molecule is CC(C)CC(=O)ONC(=Nc1ccc(F)c(Cl)c1)c1nonc1N. The smallest absolute Gasteiger partial charge is 0.332 e. The van der Waals surface area contributed by atoms with Gasteiger partial charge in [0, 0.05) is 0 Å². The average Bonchev–Trinajstić information content (AvgIpc) is 2.92. The van der Waals surface area contributed by atoms with Crippen LogP contribution < -0.4 is 11.2 Å². The third-order valence-corrected chi connectivity index (χ3v) is 3.01. The average molecular weight is 356 g/mol. The molecule has 1 heterocycles. The van der Waals surface area contributed by atoms with Crippen molar-refractivity contribution in [2.75, 3.05) is 5.73 Å². The van der Waals surface area contributed by atoms with Crippen molar-refractivity contribution in [3.05, 3.63) is 34.7 Å². The molecule has 0 amide bonds. The lowest BCUT2D eigenvalue weighted by Crippen LogP contribution is -2.29. The van der Waals surface area contributed by atoms with Gasteiger partial charge in [-0.25, -0.2) is 18.8 Å². The first kappa shape index (κ1) is 17.7. The number of carbonyl (C=O) groups is 1. The molecule has 0 atom stereocenters. The normalized spacial score (nSPS) is 11.6. The van der Waals surface area contributed by atoms with Crippen molar-refractivity contribution >= 4 is 34.9 Å². The van der Waals surface area contributed by atoms with Crippen LogP contribution in [0.5, 0.6) is 0 Å². The van der Waals surface area contributed by atoms with Crippen LogP contribution in [0.15, 0.2) is 27.8 Å². The Morgan fingerprint density at radius 1 is 1.50 bits per heavy atom. The van der Waals surface area contributed by atoms with E-state index in [0.717, 1.165) is 6.07 Å². The summed E-state index contributed by atoms with van der Waals surface area (Å²) in [6.07, 6.45) is 0.204. The van der Waals surface area contributed by atoms with Gasteiger partial charge < -0.3 is 10.6 Å². The third-order valence-electron chi connectivity index (χ3n) is 2.72. The summed E-state index contributed by atoms with van der Waals surface area (Å²) in [5.74, 6) is -1.06. The van der Waals surface area contributed by atoms with Crippen molar-refractivity contribution in [2.24, 2.45) is 10.9 Å². The van der Waals surface area contributed by atoms with Gasteiger partial charge in [0.25, 0.3) is 0 Å².